The molecule has 0 aliphatic rings. The molecule has 0 aliphatic carbocycles. The number of benzene rings is 2. The van der Waals surface area contributed by atoms with Gasteiger partial charge in [-0.2, -0.15) is 0 Å². The van der Waals surface area contributed by atoms with Crippen molar-refractivity contribution < 1.29 is 19.4 Å². The highest BCUT2D eigenvalue weighted by atomic mass is 16.5. The van der Waals surface area contributed by atoms with Crippen molar-refractivity contribution in [1.82, 2.24) is 5.32 Å². The molecule has 5 nitrogen and oxygen atoms in total. The molecular formula is C20H23NO4. The largest absolute Gasteiger partial charge is 0.481 e. The first-order valence-corrected chi connectivity index (χ1v) is 8.20. The van der Waals surface area contributed by atoms with Crippen LogP contribution in [0.4, 0.5) is 0 Å². The topological polar surface area (TPSA) is 75.6 Å². The van der Waals surface area contributed by atoms with Crippen LogP contribution in [0.5, 0.6) is 5.75 Å². The van der Waals surface area contributed by atoms with Crippen LogP contribution in [0.25, 0.3) is 0 Å². The van der Waals surface area contributed by atoms with E-state index in [0.29, 0.717) is 5.75 Å². The number of aryl methyl sites for hydroxylation is 1. The van der Waals surface area contributed by atoms with Crippen molar-refractivity contribution in [2.24, 2.45) is 5.92 Å². The van der Waals surface area contributed by atoms with Gasteiger partial charge in [-0.1, -0.05) is 42.5 Å². The highest BCUT2D eigenvalue weighted by Crippen LogP contribution is 2.23. The molecule has 0 radical (unpaired) electrons. The lowest BCUT2D eigenvalue weighted by Gasteiger charge is -2.25. The molecule has 0 spiro atoms. The molecular weight excluding hydrogens is 318 g/mol. The normalized spacial score (nSPS) is 14.2. The third kappa shape index (κ3) is 5.08. The maximum Gasteiger partial charge on any atom is 0.308 e. The number of carbonyl (C=O) groups is 2. The summed E-state index contributed by atoms with van der Waals surface area (Å²) in [6.07, 6.45) is -0.742. The van der Waals surface area contributed by atoms with Crippen LogP contribution >= 0.6 is 0 Å². The minimum absolute atomic E-state index is 0.358. The number of carbonyl (C=O) groups excluding carboxylic acids is 1. The van der Waals surface area contributed by atoms with Crippen molar-refractivity contribution in [3.8, 4) is 5.75 Å². The molecule has 0 aliphatic heterocycles. The van der Waals surface area contributed by atoms with Gasteiger partial charge in [0.05, 0.1) is 12.0 Å². The van der Waals surface area contributed by atoms with E-state index >= 15 is 0 Å². The van der Waals surface area contributed by atoms with E-state index in [1.807, 2.05) is 43.3 Å². The molecule has 1 amide bonds. The van der Waals surface area contributed by atoms with Crippen LogP contribution in [0.3, 0.4) is 0 Å². The van der Waals surface area contributed by atoms with E-state index in [1.54, 1.807) is 32.0 Å². The number of carboxylic acids is 1. The number of hydrogen-bond donors (Lipinski definition) is 2. The summed E-state index contributed by atoms with van der Waals surface area (Å²) in [4.78, 5) is 23.9. The SMILES string of the molecule is Cc1cccc(OC(C)C(=O)NC(c2ccccc2)C(C)C(=O)O)c1. The fraction of sp³-hybridized carbons (Fsp3) is 0.300. The van der Waals surface area contributed by atoms with Gasteiger partial charge in [0.1, 0.15) is 5.75 Å². The summed E-state index contributed by atoms with van der Waals surface area (Å²) in [6.45, 7) is 5.16. The van der Waals surface area contributed by atoms with Gasteiger partial charge in [-0.3, -0.25) is 9.59 Å². The van der Waals surface area contributed by atoms with Crippen LogP contribution in [0.1, 0.15) is 31.0 Å². The van der Waals surface area contributed by atoms with E-state index in [0.717, 1.165) is 11.1 Å². The van der Waals surface area contributed by atoms with Crippen LogP contribution in [-0.2, 0) is 9.59 Å². The van der Waals surface area contributed by atoms with Gasteiger partial charge in [-0.25, -0.2) is 0 Å². The van der Waals surface area contributed by atoms with E-state index < -0.39 is 24.0 Å². The molecule has 0 fully saturated rings. The van der Waals surface area contributed by atoms with Gasteiger partial charge in [0, 0.05) is 0 Å². The summed E-state index contributed by atoms with van der Waals surface area (Å²) in [5.41, 5.74) is 1.78. The average Bonchev–Trinajstić information content (AvgIpc) is 2.59. The molecule has 3 atom stereocenters. The first-order chi connectivity index (χ1) is 11.9. The molecule has 2 N–H and O–H groups in total. The van der Waals surface area contributed by atoms with Crippen molar-refractivity contribution in [3.63, 3.8) is 0 Å². The number of amides is 1. The zero-order valence-electron chi connectivity index (χ0n) is 14.6. The van der Waals surface area contributed by atoms with Gasteiger partial charge in [0.25, 0.3) is 5.91 Å². The highest BCUT2D eigenvalue weighted by molar-refractivity contribution is 5.82. The third-order valence-corrected chi connectivity index (χ3v) is 4.02. The van der Waals surface area contributed by atoms with E-state index in [9.17, 15) is 14.7 Å². The maximum absolute atomic E-state index is 12.5. The number of nitrogens with one attached hydrogen (secondary N) is 1. The smallest absolute Gasteiger partial charge is 0.308 e. The first kappa shape index (κ1) is 18.5. The van der Waals surface area contributed by atoms with Gasteiger partial charge in [0.2, 0.25) is 0 Å². The van der Waals surface area contributed by atoms with Crippen molar-refractivity contribution in [3.05, 3.63) is 65.7 Å². The van der Waals surface area contributed by atoms with Crippen LogP contribution in [0.2, 0.25) is 0 Å². The first-order valence-electron chi connectivity index (χ1n) is 8.20. The van der Waals surface area contributed by atoms with Crippen LogP contribution in [-0.4, -0.2) is 23.1 Å². The number of ether oxygens (including phenoxy) is 1. The molecule has 2 aromatic rings. The maximum atomic E-state index is 12.5. The summed E-state index contributed by atoms with van der Waals surface area (Å²) in [5, 5.41) is 12.2. The molecule has 5 heteroatoms. The van der Waals surface area contributed by atoms with Crippen LogP contribution < -0.4 is 10.1 Å². The monoisotopic (exact) mass is 341 g/mol. The Bertz CT molecular complexity index is 729. The minimum atomic E-state index is -0.971. The molecule has 0 heterocycles. The Morgan fingerprint density at radius 2 is 1.72 bits per heavy atom. The lowest BCUT2D eigenvalue weighted by molar-refractivity contribution is -0.142. The second kappa shape index (κ2) is 8.33. The number of hydrogen-bond acceptors (Lipinski definition) is 3. The summed E-state index contributed by atoms with van der Waals surface area (Å²) < 4.78 is 5.67. The van der Waals surface area contributed by atoms with Crippen molar-refractivity contribution >= 4 is 11.9 Å². The summed E-state index contributed by atoms with van der Waals surface area (Å²) >= 11 is 0. The van der Waals surface area contributed by atoms with Crippen molar-refractivity contribution in [1.29, 1.82) is 0 Å². The molecule has 0 saturated carbocycles. The van der Waals surface area contributed by atoms with E-state index in [1.165, 1.54) is 0 Å². The van der Waals surface area contributed by atoms with Gasteiger partial charge in [-0.15, -0.1) is 0 Å². The Morgan fingerprint density at radius 3 is 2.32 bits per heavy atom. The molecule has 0 bridgehead atoms. The number of aliphatic carboxylic acids is 1. The minimum Gasteiger partial charge on any atom is -0.481 e. The fourth-order valence-electron chi connectivity index (χ4n) is 2.52. The lowest BCUT2D eigenvalue weighted by atomic mass is 9.94. The predicted molar refractivity (Wildman–Crippen MR) is 95.4 cm³/mol. The lowest BCUT2D eigenvalue weighted by Crippen LogP contribution is -2.42. The summed E-state index contributed by atoms with van der Waals surface area (Å²) in [7, 11) is 0. The highest BCUT2D eigenvalue weighted by Gasteiger charge is 2.28. The average molecular weight is 341 g/mol. The van der Waals surface area contributed by atoms with E-state index in [4.69, 9.17) is 4.74 Å². The Hall–Kier alpha value is -2.82. The number of rotatable bonds is 7. The van der Waals surface area contributed by atoms with Crippen molar-refractivity contribution in [2.45, 2.75) is 32.9 Å². The molecule has 0 aromatic heterocycles. The van der Waals surface area contributed by atoms with Gasteiger partial charge in [0.15, 0.2) is 6.10 Å². The van der Waals surface area contributed by atoms with Gasteiger partial charge in [-0.05, 0) is 44.0 Å². The standard InChI is InChI=1S/C20H23NO4/c1-13-8-7-11-17(12-13)25-15(3)19(22)21-18(14(2)20(23)24)16-9-5-4-6-10-16/h4-12,14-15,18H,1-3H3,(H,21,22)(H,23,24). The molecule has 25 heavy (non-hydrogen) atoms. The van der Waals surface area contributed by atoms with Crippen LogP contribution in [0.15, 0.2) is 54.6 Å². The Morgan fingerprint density at radius 1 is 1.04 bits per heavy atom. The fourth-order valence-corrected chi connectivity index (χ4v) is 2.52. The zero-order valence-corrected chi connectivity index (χ0v) is 14.6. The zero-order chi connectivity index (χ0) is 18.4. The summed E-state index contributed by atoms with van der Waals surface area (Å²) in [6, 6.07) is 15.9. The second-order valence-corrected chi connectivity index (χ2v) is 6.10. The Balaban J connectivity index is 2.12. The van der Waals surface area contributed by atoms with E-state index in [2.05, 4.69) is 5.32 Å². The van der Waals surface area contributed by atoms with E-state index in [-0.39, 0.29) is 5.91 Å². The van der Waals surface area contributed by atoms with Gasteiger partial charge >= 0.3 is 5.97 Å². The quantitative estimate of drug-likeness (QED) is 0.810. The molecule has 132 valence electrons. The Labute approximate surface area is 147 Å². The third-order valence-electron chi connectivity index (χ3n) is 4.02. The Kier molecular flexibility index (Phi) is 6.17. The molecule has 2 rings (SSSR count). The molecule has 2 aromatic carbocycles. The predicted octanol–water partition coefficient (Wildman–Crippen LogP) is 3.34. The summed E-state index contributed by atoms with van der Waals surface area (Å²) in [5.74, 6) is -1.49. The molecule has 0 saturated heterocycles. The van der Waals surface area contributed by atoms with Crippen molar-refractivity contribution in [2.75, 3.05) is 0 Å². The number of carboxylic acid groups (broad SMARTS) is 1. The van der Waals surface area contributed by atoms with Crippen LogP contribution in [0, 0.1) is 12.8 Å². The molecule has 3 unspecified atom stereocenters. The second-order valence-electron chi connectivity index (χ2n) is 6.10. The van der Waals surface area contributed by atoms with Gasteiger partial charge < -0.3 is 15.2 Å².